The van der Waals surface area contributed by atoms with Gasteiger partial charge in [0, 0.05) is 19.5 Å². The molecule has 1 aliphatic rings. The molecular weight excluding hydrogens is 198 g/mol. The zero-order chi connectivity index (χ0) is 11.3. The lowest BCUT2D eigenvalue weighted by molar-refractivity contribution is -0.137. The second kappa shape index (κ2) is 5.70. The van der Waals surface area contributed by atoms with Crippen LogP contribution in [0.1, 0.15) is 32.1 Å². The van der Waals surface area contributed by atoms with Crippen LogP contribution in [0.4, 0.5) is 0 Å². The predicted octanol–water partition coefficient (Wildman–Crippen LogP) is 0.225. The first-order chi connectivity index (χ1) is 7.09. The summed E-state index contributed by atoms with van der Waals surface area (Å²) in [5.41, 5.74) is 0. The van der Waals surface area contributed by atoms with Crippen molar-refractivity contribution < 1.29 is 19.8 Å². The van der Waals surface area contributed by atoms with E-state index in [0.29, 0.717) is 19.5 Å². The number of carboxylic acids is 1. The summed E-state index contributed by atoms with van der Waals surface area (Å²) >= 11 is 0. The van der Waals surface area contributed by atoms with Gasteiger partial charge in [-0.1, -0.05) is 6.42 Å². The van der Waals surface area contributed by atoms with Gasteiger partial charge in [-0.15, -0.1) is 0 Å². The van der Waals surface area contributed by atoms with Gasteiger partial charge in [-0.05, 0) is 12.8 Å². The first-order valence-electron chi connectivity index (χ1n) is 5.27. The Balaban J connectivity index is 2.05. The Morgan fingerprint density at radius 1 is 1.40 bits per heavy atom. The zero-order valence-electron chi connectivity index (χ0n) is 8.69. The Labute approximate surface area is 88.7 Å². The van der Waals surface area contributed by atoms with Gasteiger partial charge in [0.15, 0.2) is 0 Å². The van der Waals surface area contributed by atoms with Crippen molar-refractivity contribution in [2.45, 2.75) is 38.2 Å². The number of aliphatic hydroxyl groups excluding tert-OH is 1. The molecule has 1 unspecified atom stereocenters. The number of hydrogen-bond acceptors (Lipinski definition) is 3. The molecular formula is C10H17NO4. The van der Waals surface area contributed by atoms with Crippen molar-refractivity contribution in [3.8, 4) is 0 Å². The highest BCUT2D eigenvalue weighted by Gasteiger charge is 2.26. The van der Waals surface area contributed by atoms with Crippen molar-refractivity contribution in [2.75, 3.05) is 13.1 Å². The van der Waals surface area contributed by atoms with Gasteiger partial charge in [0.1, 0.15) is 0 Å². The molecule has 5 nitrogen and oxygen atoms in total. The number of amides is 1. The number of carbonyl (C=O) groups is 2. The summed E-state index contributed by atoms with van der Waals surface area (Å²) in [4.78, 5) is 23.1. The third-order valence-electron chi connectivity index (χ3n) is 2.51. The first kappa shape index (κ1) is 12.0. The van der Waals surface area contributed by atoms with E-state index in [1.165, 1.54) is 0 Å². The van der Waals surface area contributed by atoms with Crippen LogP contribution in [0.25, 0.3) is 0 Å². The normalized spacial score (nSPS) is 21.0. The van der Waals surface area contributed by atoms with Crippen molar-refractivity contribution in [2.24, 2.45) is 0 Å². The second-order valence-electron chi connectivity index (χ2n) is 3.90. The van der Waals surface area contributed by atoms with E-state index >= 15 is 0 Å². The molecule has 1 rings (SSSR count). The van der Waals surface area contributed by atoms with Crippen molar-refractivity contribution >= 4 is 11.9 Å². The number of carbonyl (C=O) groups excluding carboxylic acids is 1. The number of likely N-dealkylation sites (tertiary alicyclic amines) is 1. The van der Waals surface area contributed by atoms with Gasteiger partial charge in [0.2, 0.25) is 5.91 Å². The van der Waals surface area contributed by atoms with Gasteiger partial charge >= 0.3 is 5.97 Å². The fourth-order valence-corrected chi connectivity index (χ4v) is 1.72. The van der Waals surface area contributed by atoms with Gasteiger partial charge in [-0.2, -0.15) is 0 Å². The number of nitrogens with zero attached hydrogens (tertiary/aromatic N) is 1. The molecule has 5 heteroatoms. The molecule has 1 aliphatic heterocycles. The minimum Gasteiger partial charge on any atom is -0.481 e. The maximum absolute atomic E-state index is 11.2. The standard InChI is InChI=1S/C10H17NO4/c12-8-6-9(13)11(7-8)5-3-1-2-4-10(14)15/h8,12H,1-7H2,(H,14,15). The van der Waals surface area contributed by atoms with Gasteiger partial charge in [-0.25, -0.2) is 0 Å². The van der Waals surface area contributed by atoms with E-state index < -0.39 is 12.1 Å². The quantitative estimate of drug-likeness (QED) is 0.621. The summed E-state index contributed by atoms with van der Waals surface area (Å²) < 4.78 is 0. The fourth-order valence-electron chi connectivity index (χ4n) is 1.72. The third kappa shape index (κ3) is 4.29. The maximum Gasteiger partial charge on any atom is 0.303 e. The summed E-state index contributed by atoms with van der Waals surface area (Å²) in [5, 5.41) is 17.6. The van der Waals surface area contributed by atoms with Crippen LogP contribution < -0.4 is 0 Å². The Morgan fingerprint density at radius 2 is 2.13 bits per heavy atom. The molecule has 1 heterocycles. The summed E-state index contributed by atoms with van der Waals surface area (Å²) in [6.07, 6.45) is 2.18. The first-order valence-corrected chi connectivity index (χ1v) is 5.27. The van der Waals surface area contributed by atoms with E-state index in [1.54, 1.807) is 4.90 Å². The molecule has 1 fully saturated rings. The van der Waals surface area contributed by atoms with Crippen LogP contribution in [0.3, 0.4) is 0 Å². The number of aliphatic hydroxyl groups is 1. The number of carboxylic acid groups (broad SMARTS) is 1. The molecule has 0 aliphatic carbocycles. The maximum atomic E-state index is 11.2. The Bertz CT molecular complexity index is 242. The number of rotatable bonds is 6. The number of aliphatic carboxylic acids is 1. The molecule has 2 N–H and O–H groups in total. The van der Waals surface area contributed by atoms with Crippen LogP contribution in [0.15, 0.2) is 0 Å². The van der Waals surface area contributed by atoms with E-state index in [9.17, 15) is 14.7 Å². The molecule has 0 bridgehead atoms. The second-order valence-corrected chi connectivity index (χ2v) is 3.90. The summed E-state index contributed by atoms with van der Waals surface area (Å²) in [6, 6.07) is 0. The highest BCUT2D eigenvalue weighted by Crippen LogP contribution is 2.12. The van der Waals surface area contributed by atoms with Crippen LogP contribution in [0, 0.1) is 0 Å². The molecule has 0 aromatic carbocycles. The van der Waals surface area contributed by atoms with Gasteiger partial charge in [0.05, 0.1) is 12.5 Å². The van der Waals surface area contributed by atoms with E-state index in [-0.39, 0.29) is 18.7 Å². The highest BCUT2D eigenvalue weighted by molar-refractivity contribution is 5.78. The number of unbranched alkanes of at least 4 members (excludes halogenated alkanes) is 2. The minimum absolute atomic E-state index is 0.000680. The molecule has 1 saturated heterocycles. The SMILES string of the molecule is O=C(O)CCCCCN1CC(O)CC1=O. The molecule has 0 saturated carbocycles. The molecule has 1 atom stereocenters. The van der Waals surface area contributed by atoms with E-state index in [2.05, 4.69) is 0 Å². The number of hydrogen-bond donors (Lipinski definition) is 2. The molecule has 0 spiro atoms. The van der Waals surface area contributed by atoms with Crippen molar-refractivity contribution in [3.63, 3.8) is 0 Å². The van der Waals surface area contributed by atoms with Crippen LogP contribution in [-0.4, -0.2) is 46.2 Å². The van der Waals surface area contributed by atoms with E-state index in [0.717, 1.165) is 12.8 Å². The van der Waals surface area contributed by atoms with E-state index in [4.69, 9.17) is 5.11 Å². The van der Waals surface area contributed by atoms with Crippen molar-refractivity contribution in [3.05, 3.63) is 0 Å². The summed E-state index contributed by atoms with van der Waals surface area (Å²) in [6.45, 7) is 1.06. The smallest absolute Gasteiger partial charge is 0.303 e. The van der Waals surface area contributed by atoms with Crippen LogP contribution >= 0.6 is 0 Å². The fraction of sp³-hybridized carbons (Fsp3) is 0.800. The minimum atomic E-state index is -0.775. The monoisotopic (exact) mass is 215 g/mol. The Kier molecular flexibility index (Phi) is 4.55. The lowest BCUT2D eigenvalue weighted by Gasteiger charge is -2.14. The average Bonchev–Trinajstić information content (AvgIpc) is 2.44. The van der Waals surface area contributed by atoms with Gasteiger partial charge in [0.25, 0.3) is 0 Å². The highest BCUT2D eigenvalue weighted by atomic mass is 16.4. The number of β-amino-alcohol motifs (C(OH)–C–C–N with tert-alkyl or cyclic N) is 1. The van der Waals surface area contributed by atoms with Crippen molar-refractivity contribution in [1.29, 1.82) is 0 Å². The van der Waals surface area contributed by atoms with Crippen LogP contribution in [0.5, 0.6) is 0 Å². The lowest BCUT2D eigenvalue weighted by atomic mass is 10.2. The van der Waals surface area contributed by atoms with Gasteiger partial charge < -0.3 is 15.1 Å². The molecule has 86 valence electrons. The summed E-state index contributed by atoms with van der Waals surface area (Å²) in [7, 11) is 0. The lowest BCUT2D eigenvalue weighted by Crippen LogP contribution is -2.26. The van der Waals surface area contributed by atoms with Crippen LogP contribution in [-0.2, 0) is 9.59 Å². The van der Waals surface area contributed by atoms with Crippen molar-refractivity contribution in [1.82, 2.24) is 4.90 Å². The Hall–Kier alpha value is -1.10. The average molecular weight is 215 g/mol. The molecule has 0 radical (unpaired) electrons. The Morgan fingerprint density at radius 3 is 2.67 bits per heavy atom. The molecule has 1 amide bonds. The molecule has 0 aromatic heterocycles. The third-order valence-corrected chi connectivity index (χ3v) is 2.51. The molecule has 0 aromatic rings. The molecule has 15 heavy (non-hydrogen) atoms. The van der Waals surface area contributed by atoms with Crippen LogP contribution in [0.2, 0.25) is 0 Å². The van der Waals surface area contributed by atoms with Gasteiger partial charge in [-0.3, -0.25) is 9.59 Å². The summed E-state index contributed by atoms with van der Waals surface area (Å²) in [5.74, 6) is -0.775. The topological polar surface area (TPSA) is 77.8 Å². The predicted molar refractivity (Wildman–Crippen MR) is 53.3 cm³/mol. The zero-order valence-corrected chi connectivity index (χ0v) is 8.69. The largest absolute Gasteiger partial charge is 0.481 e. The van der Waals surface area contributed by atoms with E-state index in [1.807, 2.05) is 0 Å².